The Labute approximate surface area is 98.5 Å². The van der Waals surface area contributed by atoms with E-state index in [1.165, 1.54) is 6.20 Å². The topological polar surface area (TPSA) is 87.5 Å². The molecule has 0 radical (unpaired) electrons. The fourth-order valence-corrected chi connectivity index (χ4v) is 1.32. The Morgan fingerprint density at radius 2 is 1.75 bits per heavy atom. The molecule has 16 heavy (non-hydrogen) atoms. The van der Waals surface area contributed by atoms with E-state index in [1.807, 2.05) is 0 Å². The van der Waals surface area contributed by atoms with Crippen molar-refractivity contribution >= 4 is 24.3 Å². The van der Waals surface area contributed by atoms with Gasteiger partial charge in [-0.05, 0) is 12.1 Å². The molecule has 6 heteroatoms. The Hall–Kier alpha value is -1.62. The van der Waals surface area contributed by atoms with Gasteiger partial charge < -0.3 is 10.2 Å². The van der Waals surface area contributed by atoms with Gasteiger partial charge in [0.15, 0.2) is 0 Å². The van der Waals surface area contributed by atoms with Crippen molar-refractivity contribution in [1.29, 1.82) is 0 Å². The molecule has 0 bridgehead atoms. The molecule has 0 fully saturated rings. The quantitative estimate of drug-likeness (QED) is 0.822. The lowest BCUT2D eigenvalue weighted by Gasteiger charge is -2.10. The van der Waals surface area contributed by atoms with Crippen LogP contribution in [0.25, 0.3) is 0 Å². The van der Waals surface area contributed by atoms with Crippen molar-refractivity contribution in [2.45, 2.75) is 18.8 Å². The average molecular weight is 246 g/mol. The third-order valence-electron chi connectivity index (χ3n) is 1.95. The molecule has 0 aliphatic heterocycles. The van der Waals surface area contributed by atoms with E-state index in [0.717, 1.165) is 0 Å². The van der Waals surface area contributed by atoms with Crippen molar-refractivity contribution in [3.05, 3.63) is 30.1 Å². The second-order valence-electron chi connectivity index (χ2n) is 3.15. The van der Waals surface area contributed by atoms with Crippen molar-refractivity contribution < 1.29 is 19.8 Å². The predicted molar refractivity (Wildman–Crippen MR) is 58.7 cm³/mol. The first-order valence-electron chi connectivity index (χ1n) is 4.44. The van der Waals surface area contributed by atoms with Gasteiger partial charge in [-0.3, -0.25) is 14.6 Å². The molecule has 1 rings (SSSR count). The van der Waals surface area contributed by atoms with Crippen molar-refractivity contribution in [1.82, 2.24) is 4.98 Å². The van der Waals surface area contributed by atoms with Crippen molar-refractivity contribution in [3.63, 3.8) is 0 Å². The Morgan fingerprint density at radius 3 is 2.12 bits per heavy atom. The van der Waals surface area contributed by atoms with E-state index in [1.54, 1.807) is 18.2 Å². The molecule has 0 aliphatic carbocycles. The summed E-state index contributed by atoms with van der Waals surface area (Å²) in [4.78, 5) is 25.0. The monoisotopic (exact) mass is 245 g/mol. The number of nitrogens with zero attached hydrogens (tertiary/aromatic N) is 1. The number of hydrogen-bond acceptors (Lipinski definition) is 3. The summed E-state index contributed by atoms with van der Waals surface area (Å²) in [5, 5.41) is 17.3. The number of carbonyl (C=O) groups is 2. The molecule has 5 nitrogen and oxygen atoms in total. The van der Waals surface area contributed by atoms with Crippen molar-refractivity contribution in [2.75, 3.05) is 0 Å². The lowest BCUT2D eigenvalue weighted by Crippen LogP contribution is -2.12. The van der Waals surface area contributed by atoms with Gasteiger partial charge in [0.05, 0.1) is 12.8 Å². The fraction of sp³-hybridized carbons (Fsp3) is 0.300. The third-order valence-corrected chi connectivity index (χ3v) is 1.95. The molecule has 0 saturated heterocycles. The number of aromatic nitrogens is 1. The molecule has 0 aliphatic rings. The van der Waals surface area contributed by atoms with Gasteiger partial charge in [-0.2, -0.15) is 0 Å². The van der Waals surface area contributed by atoms with Gasteiger partial charge in [0.1, 0.15) is 0 Å². The third kappa shape index (κ3) is 4.75. The van der Waals surface area contributed by atoms with E-state index in [4.69, 9.17) is 10.2 Å². The lowest BCUT2D eigenvalue weighted by atomic mass is 9.97. The molecule has 0 spiro atoms. The zero-order valence-electron chi connectivity index (χ0n) is 8.37. The Morgan fingerprint density at radius 1 is 1.19 bits per heavy atom. The molecule has 0 atom stereocenters. The molecule has 2 N–H and O–H groups in total. The first-order valence-corrected chi connectivity index (χ1v) is 4.44. The zero-order chi connectivity index (χ0) is 11.3. The number of aliphatic carboxylic acids is 2. The van der Waals surface area contributed by atoms with Crippen molar-refractivity contribution in [2.24, 2.45) is 0 Å². The molecule has 0 unspecified atom stereocenters. The molecule has 1 heterocycles. The minimum absolute atomic E-state index is 0. The summed E-state index contributed by atoms with van der Waals surface area (Å²) >= 11 is 0. The van der Waals surface area contributed by atoms with Crippen LogP contribution in [0.2, 0.25) is 0 Å². The fourth-order valence-electron chi connectivity index (χ4n) is 1.32. The van der Waals surface area contributed by atoms with E-state index in [2.05, 4.69) is 4.98 Å². The van der Waals surface area contributed by atoms with Crippen LogP contribution in [-0.4, -0.2) is 27.1 Å². The number of hydrogen-bond donors (Lipinski definition) is 2. The summed E-state index contributed by atoms with van der Waals surface area (Å²) < 4.78 is 0. The van der Waals surface area contributed by atoms with Gasteiger partial charge in [0.2, 0.25) is 0 Å². The largest absolute Gasteiger partial charge is 0.481 e. The number of carboxylic acid groups (broad SMARTS) is 2. The second kappa shape index (κ2) is 6.79. The minimum Gasteiger partial charge on any atom is -0.481 e. The van der Waals surface area contributed by atoms with E-state index in [-0.39, 0.29) is 25.2 Å². The van der Waals surface area contributed by atoms with Crippen LogP contribution in [0.5, 0.6) is 0 Å². The normalized spacial score (nSPS) is 9.56. The average Bonchev–Trinajstić information content (AvgIpc) is 2.17. The van der Waals surface area contributed by atoms with Crippen LogP contribution >= 0.6 is 12.4 Å². The van der Waals surface area contributed by atoms with Gasteiger partial charge in [-0.25, -0.2) is 0 Å². The Kier molecular flexibility index (Phi) is 6.10. The number of halogens is 1. The predicted octanol–water partition coefficient (Wildman–Crippen LogP) is 1.54. The first-order chi connectivity index (χ1) is 7.09. The first kappa shape index (κ1) is 14.4. The summed E-state index contributed by atoms with van der Waals surface area (Å²) in [7, 11) is 0. The van der Waals surface area contributed by atoms with Gasteiger partial charge in [-0.15, -0.1) is 12.4 Å². The van der Waals surface area contributed by atoms with Crippen LogP contribution in [0, 0.1) is 0 Å². The zero-order valence-corrected chi connectivity index (χ0v) is 9.18. The van der Waals surface area contributed by atoms with Crippen LogP contribution in [0.3, 0.4) is 0 Å². The molecule has 1 aromatic heterocycles. The molecule has 0 aromatic carbocycles. The molecular formula is C10H12ClNO4. The maximum absolute atomic E-state index is 10.5. The van der Waals surface area contributed by atoms with Gasteiger partial charge >= 0.3 is 11.9 Å². The van der Waals surface area contributed by atoms with Crippen LogP contribution in [0.15, 0.2) is 24.4 Å². The maximum atomic E-state index is 10.5. The second-order valence-corrected chi connectivity index (χ2v) is 3.15. The van der Waals surface area contributed by atoms with E-state index >= 15 is 0 Å². The summed E-state index contributed by atoms with van der Waals surface area (Å²) in [5.41, 5.74) is 0.502. The smallest absolute Gasteiger partial charge is 0.304 e. The van der Waals surface area contributed by atoms with Crippen LogP contribution < -0.4 is 0 Å². The van der Waals surface area contributed by atoms with E-state index in [0.29, 0.717) is 5.69 Å². The number of carboxylic acids is 2. The number of rotatable bonds is 5. The number of pyridine rings is 1. The highest BCUT2D eigenvalue weighted by molar-refractivity contribution is 5.85. The molecule has 88 valence electrons. The molecule has 1 aromatic rings. The van der Waals surface area contributed by atoms with Gasteiger partial charge in [0, 0.05) is 17.8 Å². The summed E-state index contributed by atoms with van der Waals surface area (Å²) in [6.07, 6.45) is 1.08. The van der Waals surface area contributed by atoms with Crippen LogP contribution in [-0.2, 0) is 9.59 Å². The Bertz CT molecular complexity index is 339. The van der Waals surface area contributed by atoms with E-state index < -0.39 is 17.9 Å². The standard InChI is InChI=1S/C10H11NO4.ClH/c12-9(13)5-7(6-10(14)15)8-3-1-2-4-11-8;/h1-4,7H,5-6H2,(H,12,13)(H,14,15);1H. The summed E-state index contributed by atoms with van der Waals surface area (Å²) in [6.45, 7) is 0. The maximum Gasteiger partial charge on any atom is 0.304 e. The lowest BCUT2D eigenvalue weighted by molar-refractivity contribution is -0.139. The van der Waals surface area contributed by atoms with Crippen LogP contribution in [0.1, 0.15) is 24.5 Å². The molecule has 0 saturated carbocycles. The van der Waals surface area contributed by atoms with E-state index in [9.17, 15) is 9.59 Å². The summed E-state index contributed by atoms with van der Waals surface area (Å²) in [6, 6.07) is 5.04. The molecule has 0 amide bonds. The van der Waals surface area contributed by atoms with Gasteiger partial charge in [0.25, 0.3) is 0 Å². The highest BCUT2D eigenvalue weighted by Gasteiger charge is 2.19. The minimum atomic E-state index is -1.02. The molecular weight excluding hydrogens is 234 g/mol. The van der Waals surface area contributed by atoms with Gasteiger partial charge in [-0.1, -0.05) is 6.07 Å². The summed E-state index contributed by atoms with van der Waals surface area (Å²) in [5.74, 6) is -2.61. The highest BCUT2D eigenvalue weighted by atomic mass is 35.5. The SMILES string of the molecule is Cl.O=C(O)CC(CC(=O)O)c1ccccn1. The van der Waals surface area contributed by atoms with Crippen LogP contribution in [0.4, 0.5) is 0 Å². The van der Waals surface area contributed by atoms with Crippen molar-refractivity contribution in [3.8, 4) is 0 Å². The highest BCUT2D eigenvalue weighted by Crippen LogP contribution is 2.21. The Balaban J connectivity index is 0.00000225.